The molecule has 4 aliphatic heterocycles. The number of hydrogen-bond donors (Lipinski definition) is 2. The number of likely N-dealkylation sites (N-methyl/N-ethyl adjacent to an activating group) is 1. The van der Waals surface area contributed by atoms with Crippen molar-refractivity contribution in [3.8, 4) is 0 Å². The number of carbonyl (C=O) groups is 2. The maximum Gasteiger partial charge on any atom is 0.410 e. The Morgan fingerprint density at radius 2 is 1.86 bits per heavy atom. The van der Waals surface area contributed by atoms with Crippen molar-refractivity contribution in [2.75, 3.05) is 34.3 Å². The number of carbonyl (C=O) groups excluding carboxylic acids is 2. The Hall–Kier alpha value is -1.76. The molecule has 4 rings (SSSR count). The Morgan fingerprint density at radius 3 is 2.48 bits per heavy atom. The molecule has 13 atom stereocenters. The first kappa shape index (κ1) is 35.1. The topological polar surface area (TPSA) is 119 Å². The number of esters is 1. The average molecular weight is 624 g/mol. The fraction of sp³-hybridized carbons (Fsp3) is 0.879. The van der Waals surface area contributed by atoms with Gasteiger partial charge in [0.25, 0.3) is 0 Å². The lowest BCUT2D eigenvalue weighted by molar-refractivity contribution is -0.295. The van der Waals surface area contributed by atoms with Crippen molar-refractivity contribution in [3.63, 3.8) is 0 Å². The number of nitrogens with zero attached hydrogens (tertiary/aromatic N) is 2. The summed E-state index contributed by atoms with van der Waals surface area (Å²) in [5, 5.41) is 15.1. The van der Waals surface area contributed by atoms with Gasteiger partial charge in [0.1, 0.15) is 12.2 Å². The molecule has 4 heterocycles. The second-order valence-corrected chi connectivity index (χ2v) is 14.4. The Morgan fingerprint density at radius 1 is 1.18 bits per heavy atom. The summed E-state index contributed by atoms with van der Waals surface area (Å²) in [6.45, 7) is 17.1. The number of methoxy groups -OCH3 is 1. The third-order valence-corrected chi connectivity index (χ3v) is 10.8. The van der Waals surface area contributed by atoms with E-state index in [4.69, 9.17) is 23.7 Å². The molecule has 3 fully saturated rings. The monoisotopic (exact) mass is 623 g/mol. The van der Waals surface area contributed by atoms with Crippen LogP contribution in [0.1, 0.15) is 74.7 Å². The summed E-state index contributed by atoms with van der Waals surface area (Å²) in [6.07, 6.45) is 0.232. The molecule has 0 aliphatic carbocycles. The summed E-state index contributed by atoms with van der Waals surface area (Å²) in [6, 6.07) is -0.419. The Bertz CT molecular complexity index is 1070. The van der Waals surface area contributed by atoms with Crippen molar-refractivity contribution < 1.29 is 38.4 Å². The van der Waals surface area contributed by atoms with Crippen molar-refractivity contribution in [3.05, 3.63) is 11.6 Å². The zero-order valence-corrected chi connectivity index (χ0v) is 28.7. The van der Waals surface area contributed by atoms with E-state index < -0.39 is 41.8 Å². The average Bonchev–Trinajstić information content (AvgIpc) is 3.08. The molecule has 1 amide bonds. The molecular formula is C33H57N3O8. The fourth-order valence-electron chi connectivity index (χ4n) is 8.56. The fourth-order valence-corrected chi connectivity index (χ4v) is 8.56. The summed E-state index contributed by atoms with van der Waals surface area (Å²) in [5.41, 5.74) is -1.41. The highest BCUT2D eigenvalue weighted by Crippen LogP contribution is 2.44. The molecule has 44 heavy (non-hydrogen) atoms. The molecule has 0 radical (unpaired) electrons. The lowest BCUT2D eigenvalue weighted by Gasteiger charge is -2.48. The molecule has 0 spiro atoms. The summed E-state index contributed by atoms with van der Waals surface area (Å²) >= 11 is 0. The molecule has 2 bridgehead atoms. The third kappa shape index (κ3) is 6.55. The molecule has 0 aromatic carbocycles. The van der Waals surface area contributed by atoms with Crippen LogP contribution in [0.4, 0.5) is 4.79 Å². The van der Waals surface area contributed by atoms with Gasteiger partial charge in [0.2, 0.25) is 0 Å². The highest BCUT2D eigenvalue weighted by atomic mass is 16.7. The third-order valence-electron chi connectivity index (χ3n) is 10.8. The number of aliphatic hydroxyl groups excluding tert-OH is 1. The van der Waals surface area contributed by atoms with Gasteiger partial charge in [0, 0.05) is 43.8 Å². The van der Waals surface area contributed by atoms with Crippen LogP contribution in [0.5, 0.6) is 0 Å². The van der Waals surface area contributed by atoms with Gasteiger partial charge in [0.15, 0.2) is 11.9 Å². The number of aliphatic hydroxyl groups is 1. The standard InChI is InChI=1S/C33H57N3O8/c1-12-24-33(8)27-22(6)25(34-13-14-36(27)31(39)44-33)20(4)17-32(7,40-11)28(18(2)15-19(3)29(38)42-24)43-30-26(37)23(35(9)10)16-21(5)41-30/h15,18,20-28,30,34,37H,12-14,16-17H2,1-11H3/b19-15+/t18-,20+,21+,22-,23-,24+,25-,26+,27+,28+,30-,32-,33+/m0/s1. The van der Waals surface area contributed by atoms with Crippen molar-refractivity contribution in [2.24, 2.45) is 17.8 Å². The SMILES string of the molecule is CC[C@H]1OC(=O)/C(C)=C/[C@H](C)[C@@H](O[C@@H]2O[C@H](C)C[C@H](N(C)C)[C@H]2O)[C@@](C)(OC)C[C@@H](C)[C@@H]2NCCN3C(=O)O[C@@]1(C)[C@H]3[C@H]2C. The quantitative estimate of drug-likeness (QED) is 0.442. The molecule has 0 aromatic rings. The summed E-state index contributed by atoms with van der Waals surface area (Å²) in [4.78, 5) is 30.7. The van der Waals surface area contributed by atoms with E-state index in [1.165, 1.54) is 0 Å². The number of hydrogen-bond acceptors (Lipinski definition) is 10. The predicted molar refractivity (Wildman–Crippen MR) is 166 cm³/mol. The Labute approximate surface area is 263 Å². The first-order chi connectivity index (χ1) is 20.6. The molecule has 3 saturated heterocycles. The van der Waals surface area contributed by atoms with Crippen LogP contribution in [-0.4, -0.2) is 121 Å². The molecule has 0 saturated carbocycles. The van der Waals surface area contributed by atoms with Crippen molar-refractivity contribution in [1.29, 1.82) is 0 Å². The highest BCUT2D eigenvalue weighted by molar-refractivity contribution is 5.88. The van der Waals surface area contributed by atoms with Gasteiger partial charge in [-0.15, -0.1) is 0 Å². The zero-order valence-electron chi connectivity index (χ0n) is 28.7. The van der Waals surface area contributed by atoms with Crippen LogP contribution in [-0.2, 0) is 28.5 Å². The van der Waals surface area contributed by atoms with Gasteiger partial charge in [0.05, 0.1) is 23.9 Å². The van der Waals surface area contributed by atoms with Gasteiger partial charge in [-0.3, -0.25) is 4.90 Å². The second-order valence-electron chi connectivity index (χ2n) is 14.4. The van der Waals surface area contributed by atoms with Gasteiger partial charge in [-0.1, -0.05) is 33.8 Å². The maximum atomic E-state index is 13.6. The number of ether oxygens (including phenoxy) is 5. The molecule has 0 aromatic heterocycles. The van der Waals surface area contributed by atoms with Crippen LogP contribution >= 0.6 is 0 Å². The Kier molecular flexibility index (Phi) is 10.8. The molecular weight excluding hydrogens is 566 g/mol. The summed E-state index contributed by atoms with van der Waals surface area (Å²) in [7, 11) is 5.59. The number of amides is 1. The van der Waals surface area contributed by atoms with E-state index in [2.05, 4.69) is 19.2 Å². The normalized spacial score (nSPS) is 46.9. The van der Waals surface area contributed by atoms with E-state index in [9.17, 15) is 14.7 Å². The van der Waals surface area contributed by atoms with E-state index in [1.807, 2.05) is 64.6 Å². The number of fused-ring (bicyclic) bond motifs is 1. The van der Waals surface area contributed by atoms with Crippen LogP contribution in [0.3, 0.4) is 0 Å². The molecule has 11 heteroatoms. The van der Waals surface area contributed by atoms with Crippen LogP contribution in [0.25, 0.3) is 0 Å². The van der Waals surface area contributed by atoms with Gasteiger partial charge in [-0.05, 0) is 72.9 Å². The first-order valence-corrected chi connectivity index (χ1v) is 16.4. The largest absolute Gasteiger partial charge is 0.455 e. The molecule has 252 valence electrons. The van der Waals surface area contributed by atoms with Gasteiger partial charge in [-0.25, -0.2) is 9.59 Å². The van der Waals surface area contributed by atoms with Crippen molar-refractivity contribution in [2.45, 2.75) is 135 Å². The van der Waals surface area contributed by atoms with Crippen LogP contribution in [0, 0.1) is 17.8 Å². The minimum absolute atomic E-state index is 0.00680. The van der Waals surface area contributed by atoms with E-state index in [0.717, 1.165) is 0 Å². The zero-order chi connectivity index (χ0) is 32.7. The lowest BCUT2D eigenvalue weighted by Crippen LogP contribution is -2.60. The number of nitrogens with one attached hydrogen (secondary N) is 1. The lowest BCUT2D eigenvalue weighted by atomic mass is 9.72. The van der Waals surface area contributed by atoms with E-state index >= 15 is 0 Å². The molecule has 0 unspecified atom stereocenters. The predicted octanol–water partition coefficient (Wildman–Crippen LogP) is 3.33. The molecule has 4 aliphatic rings. The minimum Gasteiger partial charge on any atom is -0.455 e. The van der Waals surface area contributed by atoms with E-state index in [-0.39, 0.29) is 48.1 Å². The number of rotatable bonds is 5. The van der Waals surface area contributed by atoms with Crippen molar-refractivity contribution in [1.82, 2.24) is 15.1 Å². The first-order valence-electron chi connectivity index (χ1n) is 16.4. The van der Waals surface area contributed by atoms with Gasteiger partial charge < -0.3 is 39.0 Å². The van der Waals surface area contributed by atoms with Crippen LogP contribution in [0.15, 0.2) is 11.6 Å². The highest BCUT2D eigenvalue weighted by Gasteiger charge is 2.60. The molecule has 2 N–H and O–H groups in total. The van der Waals surface area contributed by atoms with Gasteiger partial charge in [-0.2, -0.15) is 0 Å². The minimum atomic E-state index is -1.01. The summed E-state index contributed by atoms with van der Waals surface area (Å²) in [5.74, 6) is -0.709. The summed E-state index contributed by atoms with van der Waals surface area (Å²) < 4.78 is 31.5. The Balaban J connectivity index is 1.79. The van der Waals surface area contributed by atoms with E-state index in [1.54, 1.807) is 14.0 Å². The van der Waals surface area contributed by atoms with Crippen molar-refractivity contribution >= 4 is 12.1 Å². The smallest absolute Gasteiger partial charge is 0.410 e. The number of cyclic esters (lactones) is 1. The second kappa shape index (κ2) is 13.5. The molecule has 11 nitrogen and oxygen atoms in total. The van der Waals surface area contributed by atoms with E-state index in [0.29, 0.717) is 37.9 Å². The van der Waals surface area contributed by atoms with Crippen LogP contribution < -0.4 is 5.32 Å². The van der Waals surface area contributed by atoms with Crippen LogP contribution in [0.2, 0.25) is 0 Å². The van der Waals surface area contributed by atoms with Gasteiger partial charge >= 0.3 is 12.1 Å². The maximum absolute atomic E-state index is 13.6.